The van der Waals surface area contributed by atoms with E-state index in [-0.39, 0.29) is 0 Å². The number of hydrogen-bond acceptors (Lipinski definition) is 2. The van der Waals surface area contributed by atoms with Crippen molar-refractivity contribution in [1.29, 1.82) is 0 Å². The largest absolute Gasteiger partial charge is 0.497 e. The van der Waals surface area contributed by atoms with Crippen LogP contribution in [0.4, 0.5) is 0 Å². The zero-order valence-corrected chi connectivity index (χ0v) is 10.5. The fourth-order valence-electron chi connectivity index (χ4n) is 1.96. The first kappa shape index (κ1) is 11.6. The van der Waals surface area contributed by atoms with Crippen molar-refractivity contribution in [3.05, 3.63) is 42.0 Å². The lowest BCUT2D eigenvalue weighted by atomic mass is 9.98. The summed E-state index contributed by atoms with van der Waals surface area (Å²) in [5.74, 6) is 1.25. The van der Waals surface area contributed by atoms with Gasteiger partial charge in [-0.05, 0) is 28.5 Å². The Labute approximate surface area is 102 Å². The van der Waals surface area contributed by atoms with Crippen LogP contribution in [0.3, 0.4) is 0 Å². The summed E-state index contributed by atoms with van der Waals surface area (Å²) < 4.78 is 5.22. The van der Waals surface area contributed by atoms with Crippen molar-refractivity contribution in [2.24, 2.45) is 4.99 Å². The molecular weight excluding hydrogens is 210 g/mol. The lowest BCUT2D eigenvalue weighted by Gasteiger charge is -2.08. The van der Waals surface area contributed by atoms with Crippen LogP contribution in [0.25, 0.3) is 10.8 Å². The molecule has 2 rings (SSSR count). The Hall–Kier alpha value is -1.83. The molecule has 0 spiro atoms. The fourth-order valence-corrected chi connectivity index (χ4v) is 1.96. The third kappa shape index (κ3) is 2.47. The van der Waals surface area contributed by atoms with Gasteiger partial charge in [0.2, 0.25) is 0 Å². The van der Waals surface area contributed by atoms with Gasteiger partial charge in [-0.25, -0.2) is 0 Å². The van der Waals surface area contributed by atoms with Gasteiger partial charge < -0.3 is 9.73 Å². The normalized spacial score (nSPS) is 13.1. The molecule has 0 aliphatic carbocycles. The van der Waals surface area contributed by atoms with Gasteiger partial charge in [0.05, 0.1) is 7.11 Å². The topological polar surface area (TPSA) is 21.6 Å². The predicted molar refractivity (Wildman–Crippen MR) is 73.3 cm³/mol. The van der Waals surface area contributed by atoms with Gasteiger partial charge in [-0.2, -0.15) is 0 Å². The van der Waals surface area contributed by atoms with Gasteiger partial charge in [-0.3, -0.25) is 0 Å². The number of hydrogen-bond donors (Lipinski definition) is 0. The van der Waals surface area contributed by atoms with Gasteiger partial charge in [-0.15, -0.1) is 0 Å². The molecule has 1 atom stereocenters. The van der Waals surface area contributed by atoms with Crippen LogP contribution in [0, 0.1) is 0 Å². The van der Waals surface area contributed by atoms with E-state index in [4.69, 9.17) is 4.74 Å². The van der Waals surface area contributed by atoms with E-state index in [0.29, 0.717) is 5.92 Å². The minimum atomic E-state index is 0.353. The molecule has 0 N–H and O–H groups in total. The number of fused-ring (bicyclic) bond motifs is 1. The lowest BCUT2D eigenvalue weighted by Crippen LogP contribution is -1.94. The van der Waals surface area contributed by atoms with Gasteiger partial charge in [0, 0.05) is 19.2 Å². The van der Waals surface area contributed by atoms with E-state index in [1.807, 2.05) is 19.3 Å². The molecule has 17 heavy (non-hydrogen) atoms. The first-order valence-corrected chi connectivity index (χ1v) is 5.74. The second-order valence-electron chi connectivity index (χ2n) is 4.17. The minimum absolute atomic E-state index is 0.353. The van der Waals surface area contributed by atoms with Crippen LogP contribution in [-0.2, 0) is 0 Å². The van der Waals surface area contributed by atoms with Crippen molar-refractivity contribution in [2.45, 2.75) is 12.8 Å². The van der Waals surface area contributed by atoms with Crippen LogP contribution in [0.2, 0.25) is 0 Å². The van der Waals surface area contributed by atoms with E-state index < -0.39 is 0 Å². The Kier molecular flexibility index (Phi) is 3.43. The lowest BCUT2D eigenvalue weighted by molar-refractivity contribution is 0.415. The molecule has 2 nitrogen and oxygen atoms in total. The molecule has 0 saturated heterocycles. The van der Waals surface area contributed by atoms with Crippen molar-refractivity contribution < 1.29 is 4.74 Å². The van der Waals surface area contributed by atoms with Crippen molar-refractivity contribution in [3.8, 4) is 5.75 Å². The molecule has 0 aliphatic heterocycles. The molecule has 0 amide bonds. The third-order valence-electron chi connectivity index (χ3n) is 2.97. The molecule has 0 bridgehead atoms. The second kappa shape index (κ2) is 5.00. The van der Waals surface area contributed by atoms with Gasteiger partial charge in [0.15, 0.2) is 0 Å². The third-order valence-corrected chi connectivity index (χ3v) is 2.97. The molecular formula is C15H17NO. The number of aliphatic imine (C=N–C) groups is 1. The first-order valence-electron chi connectivity index (χ1n) is 5.74. The number of methoxy groups -OCH3 is 1. The first-order chi connectivity index (χ1) is 8.24. The smallest absolute Gasteiger partial charge is 0.119 e. The summed E-state index contributed by atoms with van der Waals surface area (Å²) in [5, 5.41) is 2.44. The van der Waals surface area contributed by atoms with Crippen LogP contribution in [0.5, 0.6) is 5.75 Å². The zero-order valence-electron chi connectivity index (χ0n) is 10.5. The maximum absolute atomic E-state index is 5.22. The Morgan fingerprint density at radius 1 is 1.12 bits per heavy atom. The Bertz CT molecular complexity index is 546. The molecule has 1 unspecified atom stereocenters. The number of benzene rings is 2. The minimum Gasteiger partial charge on any atom is -0.497 e. The fraction of sp³-hybridized carbons (Fsp3) is 0.267. The van der Waals surface area contributed by atoms with Crippen LogP contribution < -0.4 is 4.74 Å². The van der Waals surface area contributed by atoms with Gasteiger partial charge in [-0.1, -0.05) is 31.2 Å². The van der Waals surface area contributed by atoms with Crippen LogP contribution in [0.15, 0.2) is 41.4 Å². The van der Waals surface area contributed by atoms with Crippen LogP contribution in [0.1, 0.15) is 18.4 Å². The van der Waals surface area contributed by atoms with Crippen molar-refractivity contribution in [2.75, 3.05) is 14.2 Å². The standard InChI is InChI=1S/C15H17NO/c1-11(10-16-2)12-4-5-14-9-15(17-3)7-6-13(14)8-12/h4-11H,1-3H3. The van der Waals surface area contributed by atoms with E-state index in [9.17, 15) is 0 Å². The van der Waals surface area contributed by atoms with Crippen LogP contribution >= 0.6 is 0 Å². The van der Waals surface area contributed by atoms with E-state index in [1.165, 1.54) is 16.3 Å². The molecule has 0 radical (unpaired) electrons. The van der Waals surface area contributed by atoms with E-state index in [2.05, 4.69) is 42.2 Å². The molecule has 2 aromatic rings. The highest BCUT2D eigenvalue weighted by atomic mass is 16.5. The Balaban J connectivity index is 2.44. The summed E-state index contributed by atoms with van der Waals surface area (Å²) in [6, 6.07) is 12.6. The van der Waals surface area contributed by atoms with E-state index in [0.717, 1.165) is 5.75 Å². The molecule has 2 aromatic carbocycles. The average Bonchev–Trinajstić information content (AvgIpc) is 2.37. The summed E-state index contributed by atoms with van der Waals surface area (Å²) in [4.78, 5) is 4.07. The maximum atomic E-state index is 5.22. The highest BCUT2D eigenvalue weighted by molar-refractivity contribution is 5.85. The predicted octanol–water partition coefficient (Wildman–Crippen LogP) is 3.65. The molecule has 2 heteroatoms. The van der Waals surface area contributed by atoms with Crippen molar-refractivity contribution >= 4 is 17.0 Å². The highest BCUT2D eigenvalue weighted by Gasteiger charge is 2.03. The maximum Gasteiger partial charge on any atom is 0.119 e. The molecule has 88 valence electrons. The molecule has 0 saturated carbocycles. The summed E-state index contributed by atoms with van der Waals surface area (Å²) in [5.41, 5.74) is 1.29. The van der Waals surface area contributed by atoms with Crippen molar-refractivity contribution in [1.82, 2.24) is 0 Å². The SMILES string of the molecule is CN=CC(C)c1ccc2cc(OC)ccc2c1. The number of rotatable bonds is 3. The summed E-state index contributed by atoms with van der Waals surface area (Å²) in [6.45, 7) is 2.15. The zero-order chi connectivity index (χ0) is 12.3. The van der Waals surface area contributed by atoms with Gasteiger partial charge in [0.25, 0.3) is 0 Å². The second-order valence-corrected chi connectivity index (χ2v) is 4.17. The molecule has 0 aromatic heterocycles. The number of nitrogens with zero attached hydrogens (tertiary/aromatic N) is 1. The number of ether oxygens (including phenoxy) is 1. The van der Waals surface area contributed by atoms with E-state index in [1.54, 1.807) is 7.11 Å². The van der Waals surface area contributed by atoms with Gasteiger partial charge in [0.1, 0.15) is 5.75 Å². The Morgan fingerprint density at radius 3 is 2.53 bits per heavy atom. The Morgan fingerprint density at radius 2 is 1.82 bits per heavy atom. The summed E-state index contributed by atoms with van der Waals surface area (Å²) in [7, 11) is 3.50. The molecule has 0 fully saturated rings. The van der Waals surface area contributed by atoms with Gasteiger partial charge >= 0.3 is 0 Å². The average molecular weight is 227 g/mol. The van der Waals surface area contributed by atoms with Crippen molar-refractivity contribution in [3.63, 3.8) is 0 Å². The summed E-state index contributed by atoms with van der Waals surface area (Å²) in [6.07, 6.45) is 1.96. The quantitative estimate of drug-likeness (QED) is 0.733. The molecule has 0 aliphatic rings. The molecule has 0 heterocycles. The summed E-state index contributed by atoms with van der Waals surface area (Å²) >= 11 is 0. The monoisotopic (exact) mass is 227 g/mol. The van der Waals surface area contributed by atoms with Crippen LogP contribution in [-0.4, -0.2) is 20.4 Å². The highest BCUT2D eigenvalue weighted by Crippen LogP contribution is 2.24. The van der Waals surface area contributed by atoms with E-state index >= 15 is 0 Å².